The van der Waals surface area contributed by atoms with Gasteiger partial charge >= 0.3 is 0 Å². The first kappa shape index (κ1) is 15.1. The minimum atomic E-state index is -2.43. The monoisotopic (exact) mass is 317 g/mol. The second-order valence-corrected chi connectivity index (χ2v) is 5.48. The van der Waals surface area contributed by atoms with Crippen molar-refractivity contribution in [3.05, 3.63) is 58.9 Å². The van der Waals surface area contributed by atoms with Crippen LogP contribution < -0.4 is 5.32 Å². The van der Waals surface area contributed by atoms with Crippen LogP contribution >= 0.6 is 23.4 Å². The lowest BCUT2D eigenvalue weighted by atomic mass is 10.2. The molecule has 0 saturated heterocycles. The second-order valence-electron chi connectivity index (χ2n) is 4.00. The number of hydrogen-bond acceptors (Lipinski definition) is 2. The van der Waals surface area contributed by atoms with E-state index >= 15 is 0 Å². The maximum atomic E-state index is 13.2. The summed E-state index contributed by atoms with van der Waals surface area (Å²) in [6.45, 7) is 0.426. The van der Waals surface area contributed by atoms with E-state index in [4.69, 9.17) is 11.6 Å². The van der Waals surface area contributed by atoms with Crippen LogP contribution in [0.25, 0.3) is 0 Å². The predicted octanol–water partition coefficient (Wildman–Crippen LogP) is 5.41. The molecular formula is C14H11ClF3NS. The van der Waals surface area contributed by atoms with Crippen molar-refractivity contribution in [1.29, 1.82) is 0 Å². The maximum absolute atomic E-state index is 13.2. The highest BCUT2D eigenvalue weighted by molar-refractivity contribution is 7.99. The summed E-state index contributed by atoms with van der Waals surface area (Å²) in [6, 6.07) is 11.2. The summed E-state index contributed by atoms with van der Waals surface area (Å²) in [4.78, 5) is 0.503. The van der Waals surface area contributed by atoms with E-state index in [1.54, 1.807) is 30.3 Å². The van der Waals surface area contributed by atoms with Crippen molar-refractivity contribution in [2.24, 2.45) is 0 Å². The van der Waals surface area contributed by atoms with Crippen molar-refractivity contribution < 1.29 is 13.2 Å². The van der Waals surface area contributed by atoms with Gasteiger partial charge in [-0.2, -0.15) is 8.78 Å². The van der Waals surface area contributed by atoms with E-state index < -0.39 is 11.6 Å². The average Bonchev–Trinajstić information content (AvgIpc) is 2.41. The van der Waals surface area contributed by atoms with Crippen molar-refractivity contribution in [2.75, 3.05) is 5.32 Å². The zero-order valence-electron chi connectivity index (χ0n) is 10.2. The third kappa shape index (κ3) is 4.35. The first-order valence-corrected chi connectivity index (χ1v) is 7.03. The van der Waals surface area contributed by atoms with Gasteiger partial charge in [-0.05, 0) is 42.0 Å². The molecule has 0 aromatic heterocycles. The van der Waals surface area contributed by atoms with E-state index in [9.17, 15) is 13.2 Å². The van der Waals surface area contributed by atoms with Gasteiger partial charge in [0, 0.05) is 17.1 Å². The molecule has 0 fully saturated rings. The van der Waals surface area contributed by atoms with Gasteiger partial charge in [-0.25, -0.2) is 4.39 Å². The fourth-order valence-electron chi connectivity index (χ4n) is 1.61. The molecule has 0 heterocycles. The molecule has 2 aromatic carbocycles. The highest BCUT2D eigenvalue weighted by atomic mass is 35.5. The Hall–Kier alpha value is -1.33. The van der Waals surface area contributed by atoms with Gasteiger partial charge in [0.2, 0.25) is 0 Å². The normalized spacial score (nSPS) is 10.8. The number of rotatable bonds is 5. The smallest absolute Gasteiger partial charge is 0.288 e. The van der Waals surface area contributed by atoms with Crippen LogP contribution in [0.3, 0.4) is 0 Å². The molecule has 0 saturated carbocycles. The van der Waals surface area contributed by atoms with Gasteiger partial charge in [-0.15, -0.1) is 0 Å². The van der Waals surface area contributed by atoms with Crippen LogP contribution in [0.2, 0.25) is 5.02 Å². The van der Waals surface area contributed by atoms with Crippen molar-refractivity contribution in [3.8, 4) is 0 Å². The van der Waals surface area contributed by atoms with Gasteiger partial charge in [0.05, 0.1) is 5.02 Å². The molecule has 0 bridgehead atoms. The summed E-state index contributed by atoms with van der Waals surface area (Å²) < 4.78 is 37.6. The Morgan fingerprint density at radius 2 is 1.80 bits per heavy atom. The molecule has 0 unspecified atom stereocenters. The number of nitrogens with one attached hydrogen (secondary N) is 1. The second kappa shape index (κ2) is 6.90. The van der Waals surface area contributed by atoms with Crippen LogP contribution in [0.4, 0.5) is 18.9 Å². The standard InChI is InChI=1S/C14H11ClF3NS/c15-12-6-1-9(7-13(12)16)8-19-10-2-4-11(5-3-10)20-14(17)18/h1-7,14,19H,8H2. The molecule has 2 aromatic rings. The van der Waals surface area contributed by atoms with Gasteiger partial charge in [-0.1, -0.05) is 29.4 Å². The number of thioether (sulfide) groups is 1. The number of anilines is 1. The molecule has 0 amide bonds. The Morgan fingerprint density at radius 3 is 2.40 bits per heavy atom. The Morgan fingerprint density at radius 1 is 1.10 bits per heavy atom. The molecule has 0 radical (unpaired) electrons. The molecule has 0 atom stereocenters. The minimum absolute atomic E-state index is 0.0853. The van der Waals surface area contributed by atoms with Crippen molar-refractivity contribution in [1.82, 2.24) is 0 Å². The number of benzene rings is 2. The maximum Gasteiger partial charge on any atom is 0.288 e. The summed E-state index contributed by atoms with van der Waals surface area (Å²) in [6.07, 6.45) is 0. The number of halogens is 4. The molecule has 0 spiro atoms. The molecule has 0 aliphatic rings. The summed E-state index contributed by atoms with van der Waals surface area (Å²) in [5, 5.41) is 3.17. The summed E-state index contributed by atoms with van der Waals surface area (Å²) >= 11 is 6.10. The molecule has 106 valence electrons. The fourth-order valence-corrected chi connectivity index (χ4v) is 2.22. The molecular weight excluding hydrogens is 307 g/mol. The fraction of sp³-hybridized carbons (Fsp3) is 0.143. The van der Waals surface area contributed by atoms with Gasteiger partial charge in [-0.3, -0.25) is 0 Å². The third-order valence-corrected chi connectivity index (χ3v) is 3.59. The zero-order chi connectivity index (χ0) is 14.5. The highest BCUT2D eigenvalue weighted by Gasteiger charge is 2.05. The summed E-state index contributed by atoms with van der Waals surface area (Å²) in [5.74, 6) is -2.89. The largest absolute Gasteiger partial charge is 0.381 e. The predicted molar refractivity (Wildman–Crippen MR) is 77.0 cm³/mol. The van der Waals surface area contributed by atoms with E-state index in [-0.39, 0.29) is 5.02 Å². The van der Waals surface area contributed by atoms with E-state index in [0.717, 1.165) is 11.3 Å². The average molecular weight is 318 g/mol. The van der Waals surface area contributed by atoms with Crippen LogP contribution in [-0.4, -0.2) is 5.76 Å². The third-order valence-electron chi connectivity index (χ3n) is 2.56. The zero-order valence-corrected chi connectivity index (χ0v) is 11.8. The molecule has 2 rings (SSSR count). The van der Waals surface area contributed by atoms with Crippen LogP contribution in [-0.2, 0) is 6.54 Å². The Bertz CT molecular complexity index is 575. The van der Waals surface area contributed by atoms with Gasteiger partial charge in [0.15, 0.2) is 0 Å². The van der Waals surface area contributed by atoms with Crippen molar-refractivity contribution in [3.63, 3.8) is 0 Å². The summed E-state index contributed by atoms with van der Waals surface area (Å²) in [7, 11) is 0. The Balaban J connectivity index is 1.95. The van der Waals surface area contributed by atoms with Crippen LogP contribution in [0.1, 0.15) is 5.56 Å². The van der Waals surface area contributed by atoms with Gasteiger partial charge in [0.25, 0.3) is 5.76 Å². The molecule has 0 aliphatic heterocycles. The van der Waals surface area contributed by atoms with Crippen LogP contribution in [0.15, 0.2) is 47.4 Å². The van der Waals surface area contributed by atoms with Crippen LogP contribution in [0.5, 0.6) is 0 Å². The first-order valence-electron chi connectivity index (χ1n) is 5.77. The van der Waals surface area contributed by atoms with Gasteiger partial charge < -0.3 is 5.32 Å². The van der Waals surface area contributed by atoms with Crippen LogP contribution in [0, 0.1) is 5.82 Å². The molecule has 20 heavy (non-hydrogen) atoms. The molecule has 1 nitrogen and oxygen atoms in total. The van der Waals surface area contributed by atoms with Gasteiger partial charge in [0.1, 0.15) is 5.82 Å². The Kier molecular flexibility index (Phi) is 5.20. The van der Waals surface area contributed by atoms with Crippen molar-refractivity contribution in [2.45, 2.75) is 17.2 Å². The summed E-state index contributed by atoms with van der Waals surface area (Å²) in [5.41, 5.74) is 1.52. The minimum Gasteiger partial charge on any atom is -0.381 e. The quantitative estimate of drug-likeness (QED) is 0.740. The Labute approximate surface area is 124 Å². The van der Waals surface area contributed by atoms with E-state index in [1.807, 2.05) is 0 Å². The highest BCUT2D eigenvalue weighted by Crippen LogP contribution is 2.26. The van der Waals surface area contributed by atoms with E-state index in [1.165, 1.54) is 12.1 Å². The number of hydrogen-bond donors (Lipinski definition) is 1. The topological polar surface area (TPSA) is 12.0 Å². The molecule has 6 heteroatoms. The lowest BCUT2D eigenvalue weighted by Crippen LogP contribution is -1.99. The molecule has 1 N–H and O–H groups in total. The lowest BCUT2D eigenvalue weighted by Gasteiger charge is -2.08. The van der Waals surface area contributed by atoms with E-state index in [2.05, 4.69) is 5.32 Å². The van der Waals surface area contributed by atoms with E-state index in [0.29, 0.717) is 23.2 Å². The lowest BCUT2D eigenvalue weighted by molar-refractivity contribution is 0.252. The molecule has 0 aliphatic carbocycles. The number of alkyl halides is 2. The first-order chi connectivity index (χ1) is 9.54. The van der Waals surface area contributed by atoms with Crippen molar-refractivity contribution >= 4 is 29.1 Å². The SMILES string of the molecule is Fc1cc(CNc2ccc(SC(F)F)cc2)ccc1Cl.